The number of hydrogen-bond acceptors (Lipinski definition) is 4. The van der Waals surface area contributed by atoms with Crippen LogP contribution >= 0.6 is 0 Å². The molecule has 1 aromatic carbocycles. The fraction of sp³-hybridized carbons (Fsp3) is 0.333. The van der Waals surface area contributed by atoms with Gasteiger partial charge in [-0.25, -0.2) is 4.98 Å². The average molecular weight is 268 g/mol. The minimum atomic E-state index is 0.568. The summed E-state index contributed by atoms with van der Waals surface area (Å²) in [6, 6.07) is 8.65. The number of para-hydroxylation sites is 2. The van der Waals surface area contributed by atoms with Crippen LogP contribution in [0.15, 0.2) is 41.2 Å². The Morgan fingerprint density at radius 2 is 2.05 bits per heavy atom. The first kappa shape index (κ1) is 11.5. The van der Waals surface area contributed by atoms with Crippen molar-refractivity contribution in [1.29, 1.82) is 0 Å². The van der Waals surface area contributed by atoms with E-state index in [0.717, 1.165) is 43.0 Å². The van der Waals surface area contributed by atoms with Crippen molar-refractivity contribution in [3.63, 3.8) is 0 Å². The lowest BCUT2D eigenvalue weighted by Crippen LogP contribution is -2.33. The van der Waals surface area contributed by atoms with E-state index in [1.165, 1.54) is 5.69 Å². The summed E-state index contributed by atoms with van der Waals surface area (Å²) in [7, 11) is 0. The van der Waals surface area contributed by atoms with E-state index in [1.807, 2.05) is 30.5 Å². The fourth-order valence-electron chi connectivity index (χ4n) is 2.87. The van der Waals surface area contributed by atoms with E-state index in [1.54, 1.807) is 6.33 Å². The van der Waals surface area contributed by atoms with Gasteiger partial charge in [0.25, 0.3) is 6.01 Å². The summed E-state index contributed by atoms with van der Waals surface area (Å²) < 4.78 is 5.83. The molecule has 5 heteroatoms. The van der Waals surface area contributed by atoms with Crippen LogP contribution in [0.25, 0.3) is 11.1 Å². The van der Waals surface area contributed by atoms with Gasteiger partial charge in [-0.2, -0.15) is 4.98 Å². The van der Waals surface area contributed by atoms with Gasteiger partial charge in [0.2, 0.25) is 0 Å². The molecule has 0 amide bonds. The zero-order valence-corrected chi connectivity index (χ0v) is 11.1. The zero-order valence-electron chi connectivity index (χ0n) is 11.1. The van der Waals surface area contributed by atoms with Gasteiger partial charge in [-0.3, -0.25) is 0 Å². The minimum Gasteiger partial charge on any atom is -0.423 e. The monoisotopic (exact) mass is 268 g/mol. The van der Waals surface area contributed by atoms with Gasteiger partial charge >= 0.3 is 0 Å². The van der Waals surface area contributed by atoms with Crippen molar-refractivity contribution in [2.24, 2.45) is 0 Å². The molecule has 3 heterocycles. The number of benzene rings is 1. The quantitative estimate of drug-likeness (QED) is 0.776. The number of piperidine rings is 1. The molecule has 102 valence electrons. The largest absolute Gasteiger partial charge is 0.423 e. The molecule has 5 nitrogen and oxygen atoms in total. The molecule has 2 aromatic heterocycles. The number of aromatic nitrogens is 3. The molecule has 0 aliphatic carbocycles. The molecular formula is C15H16N4O. The lowest BCUT2D eigenvalue weighted by atomic mass is 9.94. The molecule has 1 aliphatic rings. The molecule has 4 rings (SSSR count). The third-order valence-electron chi connectivity index (χ3n) is 4.01. The van der Waals surface area contributed by atoms with Crippen molar-refractivity contribution >= 4 is 17.1 Å². The number of nitrogens with one attached hydrogen (secondary N) is 1. The molecule has 1 saturated heterocycles. The number of nitrogens with zero attached hydrogens (tertiary/aromatic N) is 3. The van der Waals surface area contributed by atoms with Crippen molar-refractivity contribution in [3.8, 4) is 0 Å². The van der Waals surface area contributed by atoms with Crippen LogP contribution < -0.4 is 4.90 Å². The Hall–Kier alpha value is -2.30. The van der Waals surface area contributed by atoms with Gasteiger partial charge in [0.15, 0.2) is 5.58 Å². The summed E-state index contributed by atoms with van der Waals surface area (Å²) >= 11 is 0. The molecule has 0 bridgehead atoms. The minimum absolute atomic E-state index is 0.568. The maximum Gasteiger partial charge on any atom is 0.298 e. The second-order valence-electron chi connectivity index (χ2n) is 5.23. The van der Waals surface area contributed by atoms with Crippen LogP contribution in [0.5, 0.6) is 0 Å². The van der Waals surface area contributed by atoms with Crippen molar-refractivity contribution in [2.75, 3.05) is 18.0 Å². The van der Waals surface area contributed by atoms with Crippen LogP contribution in [0.4, 0.5) is 6.01 Å². The molecule has 1 fully saturated rings. The number of rotatable bonds is 2. The molecule has 1 aliphatic heterocycles. The summed E-state index contributed by atoms with van der Waals surface area (Å²) in [5.74, 6) is 0.568. The maximum absolute atomic E-state index is 5.83. The van der Waals surface area contributed by atoms with Gasteiger partial charge in [0, 0.05) is 30.9 Å². The first-order valence-corrected chi connectivity index (χ1v) is 6.99. The Balaban J connectivity index is 1.51. The third-order valence-corrected chi connectivity index (χ3v) is 4.01. The molecule has 0 radical (unpaired) electrons. The number of aromatic amines is 1. The molecular weight excluding hydrogens is 252 g/mol. The van der Waals surface area contributed by atoms with Crippen LogP contribution in [-0.4, -0.2) is 28.0 Å². The highest BCUT2D eigenvalue weighted by Crippen LogP contribution is 2.30. The standard InChI is InChI=1S/C15H16N4O/c1-2-4-14-12(3-1)18-15(20-14)19-7-5-11(6-8-19)13-9-16-10-17-13/h1-4,9-11H,5-8H2,(H,16,17). The Morgan fingerprint density at radius 3 is 2.80 bits per heavy atom. The van der Waals surface area contributed by atoms with Crippen LogP contribution in [0.3, 0.4) is 0 Å². The summed E-state index contributed by atoms with van der Waals surface area (Å²) in [6.07, 6.45) is 5.88. The first-order chi connectivity index (χ1) is 9.90. The van der Waals surface area contributed by atoms with Crippen LogP contribution in [0.1, 0.15) is 24.5 Å². The Bertz CT molecular complexity index is 663. The first-order valence-electron chi connectivity index (χ1n) is 6.99. The highest BCUT2D eigenvalue weighted by Gasteiger charge is 2.24. The van der Waals surface area contributed by atoms with Gasteiger partial charge < -0.3 is 14.3 Å². The number of H-pyrrole nitrogens is 1. The molecule has 0 unspecified atom stereocenters. The van der Waals surface area contributed by atoms with Crippen LogP contribution in [0, 0.1) is 0 Å². The number of fused-ring (bicyclic) bond motifs is 1. The number of hydrogen-bond donors (Lipinski definition) is 1. The maximum atomic E-state index is 5.83. The predicted molar refractivity (Wildman–Crippen MR) is 76.8 cm³/mol. The Morgan fingerprint density at radius 1 is 1.20 bits per heavy atom. The van der Waals surface area contributed by atoms with Crippen LogP contribution in [-0.2, 0) is 0 Å². The summed E-state index contributed by atoms with van der Waals surface area (Å²) in [5, 5.41) is 0. The SMILES string of the molecule is c1ccc2oc(N3CCC(c4cnc[nH]4)CC3)nc2c1. The molecule has 3 aromatic rings. The predicted octanol–water partition coefficient (Wildman–Crippen LogP) is 2.93. The van der Waals surface area contributed by atoms with Gasteiger partial charge in [0.1, 0.15) is 5.52 Å². The van der Waals surface area contributed by atoms with Crippen LogP contribution in [0.2, 0.25) is 0 Å². The van der Waals surface area contributed by atoms with E-state index < -0.39 is 0 Å². The number of oxazole rings is 1. The summed E-state index contributed by atoms with van der Waals surface area (Å²) in [6.45, 7) is 1.94. The van der Waals surface area contributed by atoms with E-state index in [-0.39, 0.29) is 0 Å². The van der Waals surface area contributed by atoms with E-state index in [4.69, 9.17) is 4.42 Å². The van der Waals surface area contributed by atoms with E-state index in [0.29, 0.717) is 5.92 Å². The highest BCUT2D eigenvalue weighted by molar-refractivity contribution is 5.74. The van der Waals surface area contributed by atoms with E-state index >= 15 is 0 Å². The van der Waals surface area contributed by atoms with Crippen molar-refractivity contribution in [2.45, 2.75) is 18.8 Å². The molecule has 0 saturated carbocycles. The highest BCUT2D eigenvalue weighted by atomic mass is 16.4. The topological polar surface area (TPSA) is 58.0 Å². The van der Waals surface area contributed by atoms with Crippen molar-refractivity contribution in [3.05, 3.63) is 42.5 Å². The number of anilines is 1. The van der Waals surface area contributed by atoms with Gasteiger partial charge in [-0.05, 0) is 25.0 Å². The average Bonchev–Trinajstić information content (AvgIpc) is 3.17. The zero-order chi connectivity index (χ0) is 13.4. The fourth-order valence-corrected chi connectivity index (χ4v) is 2.87. The molecule has 1 N–H and O–H groups in total. The van der Waals surface area contributed by atoms with E-state index in [2.05, 4.69) is 19.9 Å². The molecule has 20 heavy (non-hydrogen) atoms. The Kier molecular flexibility index (Phi) is 2.69. The second kappa shape index (κ2) is 4.67. The van der Waals surface area contributed by atoms with Crippen molar-refractivity contribution < 1.29 is 4.42 Å². The van der Waals surface area contributed by atoms with E-state index in [9.17, 15) is 0 Å². The smallest absolute Gasteiger partial charge is 0.298 e. The van der Waals surface area contributed by atoms with Gasteiger partial charge in [-0.1, -0.05) is 12.1 Å². The van der Waals surface area contributed by atoms with Gasteiger partial charge in [-0.15, -0.1) is 0 Å². The second-order valence-corrected chi connectivity index (χ2v) is 5.23. The lowest BCUT2D eigenvalue weighted by Gasteiger charge is -2.30. The van der Waals surface area contributed by atoms with Crippen molar-refractivity contribution in [1.82, 2.24) is 15.0 Å². The summed E-state index contributed by atoms with van der Waals surface area (Å²) in [5.41, 5.74) is 3.03. The molecule has 0 atom stereocenters. The lowest BCUT2D eigenvalue weighted by molar-refractivity contribution is 0.463. The summed E-state index contributed by atoms with van der Waals surface area (Å²) in [4.78, 5) is 14.1. The Labute approximate surface area is 116 Å². The van der Waals surface area contributed by atoms with Gasteiger partial charge in [0.05, 0.1) is 6.33 Å². The molecule has 0 spiro atoms. The third kappa shape index (κ3) is 1.95. The normalized spacial score (nSPS) is 16.9. The number of imidazole rings is 1.